The summed E-state index contributed by atoms with van der Waals surface area (Å²) in [4.78, 5) is 16.1. The van der Waals surface area contributed by atoms with Gasteiger partial charge in [-0.05, 0) is 24.5 Å². The molecule has 90 valence electrons. The maximum Gasteiger partial charge on any atom is 0.290 e. The molecule has 0 saturated heterocycles. The van der Waals surface area contributed by atoms with Crippen LogP contribution in [0.4, 0.5) is 5.69 Å². The highest BCUT2D eigenvalue weighted by Crippen LogP contribution is 2.15. The molecule has 0 fully saturated rings. The van der Waals surface area contributed by atoms with Gasteiger partial charge in [-0.2, -0.15) is 0 Å². The van der Waals surface area contributed by atoms with Gasteiger partial charge in [0.1, 0.15) is 0 Å². The Balaban J connectivity index is 2.09. The molecule has 4 heteroatoms. The number of amidine groups is 1. The van der Waals surface area contributed by atoms with Gasteiger partial charge in [-0.15, -0.1) is 0 Å². The van der Waals surface area contributed by atoms with Crippen molar-refractivity contribution in [3.8, 4) is 0 Å². The lowest BCUT2D eigenvalue weighted by molar-refractivity contribution is -0.110. The molecular weight excluding hydrogens is 214 g/mol. The van der Waals surface area contributed by atoms with Crippen molar-refractivity contribution in [1.29, 1.82) is 0 Å². The number of para-hydroxylation sites is 1. The van der Waals surface area contributed by atoms with Gasteiger partial charge in [0.2, 0.25) is 0 Å². The molecule has 0 saturated carbocycles. The molecule has 2 rings (SSSR count). The largest absolute Gasteiger partial charge is 0.366 e. The Bertz CT molecular complexity index is 440. The van der Waals surface area contributed by atoms with Gasteiger partial charge in [0.25, 0.3) is 5.91 Å². The van der Waals surface area contributed by atoms with Crippen molar-refractivity contribution >= 4 is 17.4 Å². The highest BCUT2D eigenvalue weighted by Gasteiger charge is 2.14. The number of aryl methyl sites for hydroxylation is 1. The predicted molar refractivity (Wildman–Crippen MR) is 69.4 cm³/mol. The highest BCUT2D eigenvalue weighted by molar-refractivity contribution is 6.42. The van der Waals surface area contributed by atoms with Crippen LogP contribution in [0.5, 0.6) is 0 Å². The van der Waals surface area contributed by atoms with Crippen LogP contribution in [0.15, 0.2) is 29.3 Å². The molecular formula is C13H17N3O. The fourth-order valence-corrected chi connectivity index (χ4v) is 1.82. The Labute approximate surface area is 101 Å². The Morgan fingerprint density at radius 1 is 1.47 bits per heavy atom. The van der Waals surface area contributed by atoms with E-state index in [-0.39, 0.29) is 5.91 Å². The molecule has 0 unspecified atom stereocenters. The minimum atomic E-state index is -0.148. The zero-order chi connectivity index (χ0) is 12.1. The van der Waals surface area contributed by atoms with Crippen molar-refractivity contribution in [3.05, 3.63) is 29.8 Å². The van der Waals surface area contributed by atoms with Crippen LogP contribution in [0.25, 0.3) is 0 Å². The summed E-state index contributed by atoms with van der Waals surface area (Å²) in [5.74, 6) is 0.299. The first kappa shape index (κ1) is 11.6. The standard InChI is InChI=1S/C13H17N3O/c1-2-10-6-3-4-7-11(10)16-13(17)12-14-8-5-9-15-12/h3-4,6-7H,2,5,8-9H2,1H3,(H,14,15)(H,16,17). The molecule has 4 nitrogen and oxygen atoms in total. The van der Waals surface area contributed by atoms with Crippen LogP contribution in [0.1, 0.15) is 18.9 Å². The number of amides is 1. The Kier molecular flexibility index (Phi) is 3.75. The average molecular weight is 231 g/mol. The molecule has 2 N–H and O–H groups in total. The van der Waals surface area contributed by atoms with E-state index in [1.165, 1.54) is 0 Å². The van der Waals surface area contributed by atoms with Crippen LogP contribution in [-0.2, 0) is 11.2 Å². The average Bonchev–Trinajstić information content (AvgIpc) is 2.40. The van der Waals surface area contributed by atoms with Crippen LogP contribution in [0, 0.1) is 0 Å². The van der Waals surface area contributed by atoms with Crippen LogP contribution < -0.4 is 10.6 Å². The number of nitrogens with one attached hydrogen (secondary N) is 2. The third-order valence-corrected chi connectivity index (χ3v) is 2.76. The second-order valence-corrected chi connectivity index (χ2v) is 3.98. The Morgan fingerprint density at radius 3 is 3.00 bits per heavy atom. The number of rotatable bonds is 3. The number of carbonyl (C=O) groups excluding carboxylic acids is 1. The molecule has 0 spiro atoms. The SMILES string of the molecule is CCc1ccccc1NC(=O)C1=NCCCN1. The summed E-state index contributed by atoms with van der Waals surface area (Å²) in [6.07, 6.45) is 1.89. The number of hydrogen-bond acceptors (Lipinski definition) is 3. The smallest absolute Gasteiger partial charge is 0.290 e. The van der Waals surface area contributed by atoms with Gasteiger partial charge in [-0.3, -0.25) is 9.79 Å². The van der Waals surface area contributed by atoms with E-state index in [0.717, 1.165) is 37.2 Å². The van der Waals surface area contributed by atoms with Crippen molar-refractivity contribution in [1.82, 2.24) is 5.32 Å². The van der Waals surface area contributed by atoms with Gasteiger partial charge in [-0.1, -0.05) is 25.1 Å². The van der Waals surface area contributed by atoms with Crippen LogP contribution >= 0.6 is 0 Å². The number of nitrogens with zero attached hydrogens (tertiary/aromatic N) is 1. The van der Waals surface area contributed by atoms with Crippen LogP contribution in [-0.4, -0.2) is 24.8 Å². The maximum atomic E-state index is 11.9. The first-order chi connectivity index (χ1) is 8.31. The molecule has 1 aromatic rings. The summed E-state index contributed by atoms with van der Waals surface area (Å²) in [5.41, 5.74) is 2.01. The van der Waals surface area contributed by atoms with Crippen molar-refractivity contribution in [2.45, 2.75) is 19.8 Å². The number of carbonyl (C=O) groups is 1. The van der Waals surface area contributed by atoms with E-state index in [1.54, 1.807) is 0 Å². The minimum Gasteiger partial charge on any atom is -0.366 e. The van der Waals surface area contributed by atoms with Gasteiger partial charge >= 0.3 is 0 Å². The lowest BCUT2D eigenvalue weighted by Gasteiger charge is -2.15. The molecule has 17 heavy (non-hydrogen) atoms. The van der Waals surface area contributed by atoms with Gasteiger partial charge in [0.15, 0.2) is 5.84 Å². The van der Waals surface area contributed by atoms with Crippen LogP contribution in [0.3, 0.4) is 0 Å². The summed E-state index contributed by atoms with van der Waals surface area (Å²) in [6, 6.07) is 7.83. The quantitative estimate of drug-likeness (QED) is 0.829. The summed E-state index contributed by atoms with van der Waals surface area (Å²) in [5, 5.41) is 5.91. The van der Waals surface area contributed by atoms with Crippen molar-refractivity contribution in [3.63, 3.8) is 0 Å². The third-order valence-electron chi connectivity index (χ3n) is 2.76. The lowest BCUT2D eigenvalue weighted by Crippen LogP contribution is -2.39. The lowest BCUT2D eigenvalue weighted by atomic mass is 10.1. The summed E-state index contributed by atoms with van der Waals surface area (Å²) in [7, 11) is 0. The number of aliphatic imine (C=N–C) groups is 1. The molecule has 0 aliphatic carbocycles. The van der Waals surface area contributed by atoms with E-state index in [2.05, 4.69) is 22.5 Å². The molecule has 1 aliphatic heterocycles. The monoisotopic (exact) mass is 231 g/mol. The molecule has 1 aromatic carbocycles. The molecule has 1 aliphatic rings. The molecule has 1 heterocycles. The minimum absolute atomic E-state index is 0.148. The zero-order valence-corrected chi connectivity index (χ0v) is 9.99. The molecule has 0 bridgehead atoms. The van der Waals surface area contributed by atoms with Crippen molar-refractivity contribution in [2.75, 3.05) is 18.4 Å². The van der Waals surface area contributed by atoms with Crippen molar-refractivity contribution < 1.29 is 4.79 Å². The fraction of sp³-hybridized carbons (Fsp3) is 0.385. The van der Waals surface area contributed by atoms with E-state index in [4.69, 9.17) is 0 Å². The predicted octanol–water partition coefficient (Wildman–Crippen LogP) is 1.58. The molecule has 0 atom stereocenters. The zero-order valence-electron chi connectivity index (χ0n) is 9.99. The van der Waals surface area contributed by atoms with E-state index in [9.17, 15) is 4.79 Å². The number of hydrogen-bond donors (Lipinski definition) is 2. The third kappa shape index (κ3) is 2.84. The topological polar surface area (TPSA) is 53.5 Å². The van der Waals surface area contributed by atoms with Crippen LogP contribution in [0.2, 0.25) is 0 Å². The van der Waals surface area contributed by atoms with E-state index >= 15 is 0 Å². The maximum absolute atomic E-state index is 11.9. The second kappa shape index (κ2) is 5.48. The van der Waals surface area contributed by atoms with E-state index in [1.807, 2.05) is 24.3 Å². The highest BCUT2D eigenvalue weighted by atomic mass is 16.2. The first-order valence-corrected chi connectivity index (χ1v) is 5.99. The van der Waals surface area contributed by atoms with E-state index < -0.39 is 0 Å². The van der Waals surface area contributed by atoms with E-state index in [0.29, 0.717) is 5.84 Å². The fourth-order valence-electron chi connectivity index (χ4n) is 1.82. The summed E-state index contributed by atoms with van der Waals surface area (Å²) >= 11 is 0. The van der Waals surface area contributed by atoms with Gasteiger partial charge in [-0.25, -0.2) is 0 Å². The van der Waals surface area contributed by atoms with Gasteiger partial charge in [0.05, 0.1) is 0 Å². The summed E-state index contributed by atoms with van der Waals surface area (Å²) in [6.45, 7) is 3.62. The Hall–Kier alpha value is -1.84. The first-order valence-electron chi connectivity index (χ1n) is 5.99. The van der Waals surface area contributed by atoms with Crippen molar-refractivity contribution in [2.24, 2.45) is 4.99 Å². The van der Waals surface area contributed by atoms with Gasteiger partial charge < -0.3 is 10.6 Å². The number of benzene rings is 1. The normalized spacial score (nSPS) is 14.8. The second-order valence-electron chi connectivity index (χ2n) is 3.98. The molecule has 1 amide bonds. The molecule has 0 radical (unpaired) electrons. The number of anilines is 1. The Morgan fingerprint density at radius 2 is 2.29 bits per heavy atom. The molecule has 0 aromatic heterocycles. The van der Waals surface area contributed by atoms with Gasteiger partial charge in [0, 0.05) is 18.8 Å². The summed E-state index contributed by atoms with van der Waals surface area (Å²) < 4.78 is 0.